The maximum Gasteiger partial charge on any atom is 0.223 e. The van der Waals surface area contributed by atoms with Gasteiger partial charge in [-0.2, -0.15) is 0 Å². The minimum Gasteiger partial charge on any atom is -0.334 e. The summed E-state index contributed by atoms with van der Waals surface area (Å²) < 4.78 is 0. The van der Waals surface area contributed by atoms with Crippen LogP contribution in [-0.4, -0.2) is 29.9 Å². The maximum atomic E-state index is 12.2. The molecule has 0 saturated carbocycles. The fraction of sp³-hybridized carbons (Fsp3) is 0.667. The molecule has 2 saturated heterocycles. The second-order valence-electron chi connectivity index (χ2n) is 5.60. The van der Waals surface area contributed by atoms with Gasteiger partial charge >= 0.3 is 0 Å². The summed E-state index contributed by atoms with van der Waals surface area (Å²) in [4.78, 5) is 17.1. The highest BCUT2D eigenvalue weighted by Gasteiger charge is 2.37. The van der Waals surface area contributed by atoms with Crippen LogP contribution >= 0.6 is 11.3 Å². The number of nitrogens with one attached hydrogen (secondary N) is 1. The number of likely N-dealkylation sites (tertiary alicyclic amines) is 1. The summed E-state index contributed by atoms with van der Waals surface area (Å²) in [5, 5.41) is 3.46. The standard InChI is InChI=1S/C15H22N2OS/c1-2-12-4-5-13(19-12)10-17-14-7-8-16-9-11(14)3-6-15(17)18/h4-5,11,14,16H,2-3,6-10H2,1H3. The van der Waals surface area contributed by atoms with Crippen molar-refractivity contribution in [3.8, 4) is 0 Å². The van der Waals surface area contributed by atoms with Crippen LogP contribution < -0.4 is 5.32 Å². The second-order valence-corrected chi connectivity index (χ2v) is 6.85. The molecule has 2 fully saturated rings. The van der Waals surface area contributed by atoms with E-state index in [4.69, 9.17) is 0 Å². The minimum atomic E-state index is 0.356. The average molecular weight is 278 g/mol. The van der Waals surface area contributed by atoms with E-state index < -0.39 is 0 Å². The van der Waals surface area contributed by atoms with Gasteiger partial charge in [-0.25, -0.2) is 0 Å². The maximum absolute atomic E-state index is 12.2. The molecule has 1 aromatic rings. The van der Waals surface area contributed by atoms with Crippen LogP contribution in [0.1, 0.15) is 35.9 Å². The molecule has 4 heteroatoms. The van der Waals surface area contributed by atoms with Crippen LogP contribution in [0.25, 0.3) is 0 Å². The molecule has 2 unspecified atom stereocenters. The first kappa shape index (κ1) is 13.1. The quantitative estimate of drug-likeness (QED) is 0.921. The number of hydrogen-bond donors (Lipinski definition) is 1. The number of hydrogen-bond acceptors (Lipinski definition) is 3. The first-order valence-corrected chi connectivity index (χ1v) is 8.17. The van der Waals surface area contributed by atoms with Crippen molar-refractivity contribution in [2.24, 2.45) is 5.92 Å². The zero-order valence-electron chi connectivity index (χ0n) is 11.5. The lowest BCUT2D eigenvalue weighted by atomic mass is 9.84. The Morgan fingerprint density at radius 2 is 2.21 bits per heavy atom. The summed E-state index contributed by atoms with van der Waals surface area (Å²) in [6.45, 7) is 5.14. The second kappa shape index (κ2) is 5.63. The normalized spacial score (nSPS) is 27.4. The third kappa shape index (κ3) is 2.70. The summed E-state index contributed by atoms with van der Waals surface area (Å²) in [6.07, 6.45) is 4.00. The molecular formula is C15H22N2OS. The molecule has 3 heterocycles. The molecule has 19 heavy (non-hydrogen) atoms. The highest BCUT2D eigenvalue weighted by Crippen LogP contribution is 2.31. The molecular weight excluding hydrogens is 256 g/mol. The van der Waals surface area contributed by atoms with Gasteiger partial charge in [0.15, 0.2) is 0 Å². The van der Waals surface area contributed by atoms with Gasteiger partial charge < -0.3 is 10.2 Å². The Balaban J connectivity index is 1.74. The Labute approximate surface area is 119 Å². The van der Waals surface area contributed by atoms with Gasteiger partial charge in [0.25, 0.3) is 0 Å². The third-order valence-electron chi connectivity index (χ3n) is 4.41. The summed E-state index contributed by atoms with van der Waals surface area (Å²) in [6, 6.07) is 4.87. The van der Waals surface area contributed by atoms with E-state index in [0.29, 0.717) is 17.9 Å². The van der Waals surface area contributed by atoms with E-state index in [0.717, 1.165) is 45.3 Å². The largest absolute Gasteiger partial charge is 0.334 e. The molecule has 0 radical (unpaired) electrons. The van der Waals surface area contributed by atoms with E-state index in [1.54, 1.807) is 0 Å². The minimum absolute atomic E-state index is 0.356. The number of aryl methyl sites for hydroxylation is 1. The molecule has 3 nitrogen and oxygen atoms in total. The number of fused-ring (bicyclic) bond motifs is 1. The van der Waals surface area contributed by atoms with Crippen LogP contribution in [0, 0.1) is 5.92 Å². The Hall–Kier alpha value is -0.870. The predicted molar refractivity (Wildman–Crippen MR) is 78.2 cm³/mol. The van der Waals surface area contributed by atoms with E-state index >= 15 is 0 Å². The highest BCUT2D eigenvalue weighted by atomic mass is 32.1. The van der Waals surface area contributed by atoms with Crippen LogP contribution in [0.15, 0.2) is 12.1 Å². The van der Waals surface area contributed by atoms with Gasteiger partial charge in [0.1, 0.15) is 0 Å². The Bertz CT molecular complexity index is 457. The van der Waals surface area contributed by atoms with Crippen molar-refractivity contribution in [2.75, 3.05) is 13.1 Å². The van der Waals surface area contributed by atoms with Crippen molar-refractivity contribution in [3.05, 3.63) is 21.9 Å². The summed E-state index contributed by atoms with van der Waals surface area (Å²) in [7, 11) is 0. The van der Waals surface area contributed by atoms with Crippen molar-refractivity contribution in [1.29, 1.82) is 0 Å². The monoisotopic (exact) mass is 278 g/mol. The molecule has 1 amide bonds. The smallest absolute Gasteiger partial charge is 0.223 e. The van der Waals surface area contributed by atoms with Crippen LogP contribution in [0.3, 0.4) is 0 Å². The lowest BCUT2D eigenvalue weighted by Gasteiger charge is -2.44. The topological polar surface area (TPSA) is 32.3 Å². The van der Waals surface area contributed by atoms with E-state index in [1.165, 1.54) is 9.75 Å². The number of nitrogens with zero attached hydrogens (tertiary/aromatic N) is 1. The molecule has 1 aromatic heterocycles. The van der Waals surface area contributed by atoms with Crippen molar-refractivity contribution >= 4 is 17.2 Å². The Morgan fingerprint density at radius 3 is 3.00 bits per heavy atom. The zero-order valence-corrected chi connectivity index (χ0v) is 12.3. The van der Waals surface area contributed by atoms with Crippen LogP contribution in [0.4, 0.5) is 0 Å². The fourth-order valence-corrected chi connectivity index (χ4v) is 4.28. The van der Waals surface area contributed by atoms with Crippen molar-refractivity contribution < 1.29 is 4.79 Å². The van der Waals surface area contributed by atoms with E-state index in [-0.39, 0.29) is 0 Å². The molecule has 0 aromatic carbocycles. The molecule has 2 aliphatic heterocycles. The third-order valence-corrected chi connectivity index (χ3v) is 5.62. The zero-order chi connectivity index (χ0) is 13.2. The molecule has 3 rings (SSSR count). The highest BCUT2D eigenvalue weighted by molar-refractivity contribution is 7.11. The number of piperidine rings is 2. The van der Waals surface area contributed by atoms with Crippen LogP contribution in [0.2, 0.25) is 0 Å². The number of thiophene rings is 1. The molecule has 1 N–H and O–H groups in total. The number of rotatable bonds is 3. The first-order chi connectivity index (χ1) is 9.28. The van der Waals surface area contributed by atoms with Gasteiger partial charge in [0.05, 0.1) is 6.54 Å². The number of carbonyl (C=O) groups is 1. The van der Waals surface area contributed by atoms with Crippen LogP contribution in [-0.2, 0) is 17.8 Å². The average Bonchev–Trinajstić information content (AvgIpc) is 2.90. The Morgan fingerprint density at radius 1 is 1.37 bits per heavy atom. The van der Waals surface area contributed by atoms with Gasteiger partial charge in [0.2, 0.25) is 5.91 Å². The summed E-state index contributed by atoms with van der Waals surface area (Å²) in [5.41, 5.74) is 0. The molecule has 0 aliphatic carbocycles. The number of amides is 1. The fourth-order valence-electron chi connectivity index (χ4n) is 3.32. The lowest BCUT2D eigenvalue weighted by Crippen LogP contribution is -2.54. The molecule has 2 aliphatic rings. The van der Waals surface area contributed by atoms with Gasteiger partial charge in [0, 0.05) is 22.2 Å². The van der Waals surface area contributed by atoms with E-state index in [1.807, 2.05) is 11.3 Å². The molecule has 0 bridgehead atoms. The van der Waals surface area contributed by atoms with Crippen molar-refractivity contribution in [2.45, 2.75) is 45.2 Å². The van der Waals surface area contributed by atoms with Gasteiger partial charge in [-0.3, -0.25) is 4.79 Å². The van der Waals surface area contributed by atoms with E-state index in [9.17, 15) is 4.79 Å². The molecule has 2 atom stereocenters. The first-order valence-electron chi connectivity index (χ1n) is 7.35. The molecule has 0 spiro atoms. The van der Waals surface area contributed by atoms with Crippen molar-refractivity contribution in [3.63, 3.8) is 0 Å². The summed E-state index contributed by atoms with van der Waals surface area (Å²) in [5.74, 6) is 1.02. The lowest BCUT2D eigenvalue weighted by molar-refractivity contribution is -0.140. The Kier molecular flexibility index (Phi) is 3.89. The number of carbonyl (C=O) groups excluding carboxylic acids is 1. The van der Waals surface area contributed by atoms with E-state index in [2.05, 4.69) is 29.3 Å². The van der Waals surface area contributed by atoms with Gasteiger partial charge in [-0.05, 0) is 50.4 Å². The van der Waals surface area contributed by atoms with Crippen LogP contribution in [0.5, 0.6) is 0 Å². The predicted octanol–water partition coefficient (Wildman–Crippen LogP) is 2.41. The van der Waals surface area contributed by atoms with Gasteiger partial charge in [-0.1, -0.05) is 6.92 Å². The van der Waals surface area contributed by atoms with Crippen molar-refractivity contribution in [1.82, 2.24) is 10.2 Å². The SMILES string of the molecule is CCc1ccc(CN2C(=O)CCC3CNCCC32)s1. The molecule has 104 valence electrons. The summed E-state index contributed by atoms with van der Waals surface area (Å²) >= 11 is 1.86. The van der Waals surface area contributed by atoms with Gasteiger partial charge in [-0.15, -0.1) is 11.3 Å².